The molecule has 1 atom stereocenters. The molecule has 34 heavy (non-hydrogen) atoms. The van der Waals surface area contributed by atoms with Crippen molar-refractivity contribution < 1.29 is 14.5 Å². The molecule has 0 bridgehead atoms. The lowest BCUT2D eigenvalue weighted by atomic mass is 9.68. The molecule has 0 saturated heterocycles. The van der Waals surface area contributed by atoms with E-state index in [1.807, 2.05) is 26.8 Å². The third-order valence-electron chi connectivity index (χ3n) is 6.11. The Morgan fingerprint density at radius 2 is 1.97 bits per heavy atom. The number of halogens is 1. The van der Waals surface area contributed by atoms with E-state index in [9.17, 15) is 19.7 Å². The first-order chi connectivity index (χ1) is 16.0. The lowest BCUT2D eigenvalue weighted by Crippen LogP contribution is -2.39. The molecule has 2 heterocycles. The number of hydrogen-bond acceptors (Lipinski definition) is 6. The first-order valence-corrected chi connectivity index (χ1v) is 11.3. The van der Waals surface area contributed by atoms with Crippen LogP contribution in [0.15, 0.2) is 58.9 Å². The minimum Gasteiger partial charge on any atom is -0.362 e. The Kier molecular flexibility index (Phi) is 6.03. The van der Waals surface area contributed by atoms with Crippen LogP contribution in [-0.2, 0) is 9.59 Å². The molecule has 4 rings (SSSR count). The molecule has 2 N–H and O–H groups in total. The van der Waals surface area contributed by atoms with Gasteiger partial charge in [0.05, 0.1) is 4.92 Å². The van der Waals surface area contributed by atoms with E-state index in [1.165, 1.54) is 12.1 Å². The fourth-order valence-electron chi connectivity index (χ4n) is 4.72. The maximum absolute atomic E-state index is 13.5. The molecular formula is C25H25ClN4O4. The number of carbonyl (C=O) groups is 2. The molecule has 1 aromatic carbocycles. The van der Waals surface area contributed by atoms with E-state index in [-0.39, 0.29) is 21.9 Å². The molecule has 1 amide bonds. The minimum atomic E-state index is -0.777. The van der Waals surface area contributed by atoms with E-state index in [4.69, 9.17) is 11.6 Å². The van der Waals surface area contributed by atoms with Crippen LogP contribution in [0.3, 0.4) is 0 Å². The van der Waals surface area contributed by atoms with Crippen molar-refractivity contribution in [3.63, 3.8) is 0 Å². The fourth-order valence-corrected chi connectivity index (χ4v) is 4.90. The number of benzene rings is 1. The van der Waals surface area contributed by atoms with Gasteiger partial charge in [-0.3, -0.25) is 19.7 Å². The summed E-state index contributed by atoms with van der Waals surface area (Å²) < 4.78 is 0. The van der Waals surface area contributed by atoms with Crippen LogP contribution in [0, 0.1) is 22.5 Å². The summed E-state index contributed by atoms with van der Waals surface area (Å²) in [6.07, 6.45) is 0.930. The molecule has 1 aliphatic heterocycles. The largest absolute Gasteiger partial charge is 0.362 e. The Balaban J connectivity index is 1.86. The summed E-state index contributed by atoms with van der Waals surface area (Å²) in [6, 6.07) is 9.69. The van der Waals surface area contributed by atoms with Crippen LogP contribution in [0.1, 0.15) is 50.8 Å². The second-order valence-corrected chi connectivity index (χ2v) is 9.92. The number of ketones is 1. The molecule has 2 aromatic rings. The zero-order valence-electron chi connectivity index (χ0n) is 19.4. The average molecular weight is 481 g/mol. The van der Waals surface area contributed by atoms with Crippen molar-refractivity contribution >= 4 is 34.8 Å². The molecule has 0 saturated carbocycles. The van der Waals surface area contributed by atoms with Gasteiger partial charge in [0.25, 0.3) is 11.6 Å². The first-order valence-electron chi connectivity index (χ1n) is 10.9. The van der Waals surface area contributed by atoms with Crippen molar-refractivity contribution in [3.05, 3.63) is 85.3 Å². The van der Waals surface area contributed by atoms with E-state index in [0.29, 0.717) is 41.1 Å². The predicted octanol–water partition coefficient (Wildman–Crippen LogP) is 5.19. The SMILES string of the molecule is CC1=C(C(=O)Nc2cccc(C)n2)[C@@H](c2ccc(Cl)c([N+](=O)[O-])c2)C2=C(CC(C)(C)CC2=O)N1. The van der Waals surface area contributed by atoms with E-state index in [2.05, 4.69) is 15.6 Å². The van der Waals surface area contributed by atoms with Gasteiger partial charge >= 0.3 is 0 Å². The third kappa shape index (κ3) is 4.46. The summed E-state index contributed by atoms with van der Waals surface area (Å²) in [4.78, 5) is 42.2. The van der Waals surface area contributed by atoms with Crippen molar-refractivity contribution in [1.82, 2.24) is 10.3 Å². The fraction of sp³-hybridized carbons (Fsp3) is 0.320. The molecule has 1 aromatic heterocycles. The topological polar surface area (TPSA) is 114 Å². The Bertz CT molecular complexity index is 1300. The molecule has 0 unspecified atom stereocenters. The maximum Gasteiger partial charge on any atom is 0.288 e. The Hall–Kier alpha value is -3.52. The standard InChI is InChI=1S/C25H25ClN4O4/c1-13-6-5-7-20(27-13)29-24(32)21-14(2)28-17-11-25(3,4)12-19(31)23(17)22(21)15-8-9-16(26)18(10-15)30(33)34/h5-10,22,28H,11-12H2,1-4H3,(H,27,29,32)/t22-/m1/s1. The van der Waals surface area contributed by atoms with Gasteiger partial charge in [0, 0.05) is 46.6 Å². The molecule has 9 heteroatoms. The quantitative estimate of drug-likeness (QED) is 0.459. The summed E-state index contributed by atoms with van der Waals surface area (Å²) in [5, 5.41) is 17.7. The molecule has 2 aliphatic rings. The van der Waals surface area contributed by atoms with Crippen LogP contribution in [0.25, 0.3) is 0 Å². The zero-order valence-corrected chi connectivity index (χ0v) is 20.1. The number of anilines is 1. The van der Waals surface area contributed by atoms with E-state index in [1.54, 1.807) is 25.1 Å². The zero-order chi connectivity index (χ0) is 24.8. The minimum absolute atomic E-state index is 0.0105. The van der Waals surface area contributed by atoms with Crippen molar-refractivity contribution in [2.24, 2.45) is 5.41 Å². The molecule has 0 spiro atoms. The number of dihydropyridines is 1. The number of nitro groups is 1. The Morgan fingerprint density at radius 3 is 2.65 bits per heavy atom. The number of aromatic nitrogens is 1. The van der Waals surface area contributed by atoms with Gasteiger partial charge < -0.3 is 10.6 Å². The van der Waals surface area contributed by atoms with E-state index in [0.717, 1.165) is 11.4 Å². The van der Waals surface area contributed by atoms with Gasteiger partial charge in [0.15, 0.2) is 5.78 Å². The van der Waals surface area contributed by atoms with Crippen molar-refractivity contribution in [2.75, 3.05) is 5.32 Å². The number of pyridine rings is 1. The highest BCUT2D eigenvalue weighted by Crippen LogP contribution is 2.47. The number of nitrogens with one attached hydrogen (secondary N) is 2. The van der Waals surface area contributed by atoms with Gasteiger partial charge in [-0.05, 0) is 49.4 Å². The predicted molar refractivity (Wildman–Crippen MR) is 129 cm³/mol. The van der Waals surface area contributed by atoms with Gasteiger partial charge in [0.1, 0.15) is 10.8 Å². The number of aryl methyl sites for hydroxylation is 1. The number of rotatable bonds is 4. The molecule has 176 valence electrons. The second-order valence-electron chi connectivity index (χ2n) is 9.52. The summed E-state index contributed by atoms with van der Waals surface area (Å²) in [7, 11) is 0. The number of hydrogen-bond donors (Lipinski definition) is 2. The van der Waals surface area contributed by atoms with Gasteiger partial charge in [-0.15, -0.1) is 0 Å². The molecule has 0 fully saturated rings. The number of allylic oxidation sites excluding steroid dienone is 3. The summed E-state index contributed by atoms with van der Waals surface area (Å²) in [6.45, 7) is 7.62. The lowest BCUT2D eigenvalue weighted by Gasteiger charge is -2.39. The van der Waals surface area contributed by atoms with Gasteiger partial charge in [-0.2, -0.15) is 0 Å². The number of amides is 1. The van der Waals surface area contributed by atoms with Gasteiger partial charge in [0.2, 0.25) is 0 Å². The highest BCUT2D eigenvalue weighted by atomic mass is 35.5. The molecule has 0 radical (unpaired) electrons. The van der Waals surface area contributed by atoms with Crippen LogP contribution < -0.4 is 10.6 Å². The van der Waals surface area contributed by atoms with Crippen LogP contribution in [-0.4, -0.2) is 21.6 Å². The van der Waals surface area contributed by atoms with Crippen molar-refractivity contribution in [1.29, 1.82) is 0 Å². The second kappa shape index (κ2) is 8.68. The highest BCUT2D eigenvalue weighted by Gasteiger charge is 2.43. The number of nitrogens with zero attached hydrogens (tertiary/aromatic N) is 2. The number of carbonyl (C=O) groups excluding carboxylic acids is 2. The van der Waals surface area contributed by atoms with Crippen LogP contribution in [0.2, 0.25) is 5.02 Å². The maximum atomic E-state index is 13.5. The Labute approximate surface area is 202 Å². The summed E-state index contributed by atoms with van der Waals surface area (Å²) >= 11 is 6.05. The highest BCUT2D eigenvalue weighted by molar-refractivity contribution is 6.32. The van der Waals surface area contributed by atoms with Crippen molar-refractivity contribution in [3.8, 4) is 0 Å². The van der Waals surface area contributed by atoms with Gasteiger partial charge in [-0.1, -0.05) is 37.6 Å². The average Bonchev–Trinajstić information content (AvgIpc) is 2.71. The third-order valence-corrected chi connectivity index (χ3v) is 6.43. The summed E-state index contributed by atoms with van der Waals surface area (Å²) in [5.74, 6) is -0.926. The number of nitro benzene ring substituents is 1. The van der Waals surface area contributed by atoms with Crippen LogP contribution >= 0.6 is 11.6 Å². The molecule has 1 aliphatic carbocycles. The van der Waals surface area contributed by atoms with Crippen LogP contribution in [0.4, 0.5) is 11.5 Å². The number of Topliss-reactive ketones (excluding diaryl/α,β-unsaturated/α-hetero) is 1. The summed E-state index contributed by atoms with van der Waals surface area (Å²) in [5.41, 5.74) is 2.77. The van der Waals surface area contributed by atoms with Crippen LogP contribution in [0.5, 0.6) is 0 Å². The van der Waals surface area contributed by atoms with Crippen molar-refractivity contribution in [2.45, 2.75) is 46.5 Å². The smallest absolute Gasteiger partial charge is 0.288 e. The normalized spacial score (nSPS) is 19.4. The van der Waals surface area contributed by atoms with E-state index < -0.39 is 16.7 Å². The molecular weight excluding hydrogens is 456 g/mol. The van der Waals surface area contributed by atoms with E-state index >= 15 is 0 Å². The first kappa shape index (κ1) is 23.6. The molecule has 8 nitrogen and oxygen atoms in total. The monoisotopic (exact) mass is 480 g/mol. The van der Waals surface area contributed by atoms with Gasteiger partial charge in [-0.25, -0.2) is 4.98 Å². The lowest BCUT2D eigenvalue weighted by molar-refractivity contribution is -0.384. The Morgan fingerprint density at radius 1 is 1.24 bits per heavy atom.